The number of carbonyl (C=O) groups is 2. The number of fused-ring (bicyclic) bond motifs is 1. The van der Waals surface area contributed by atoms with Gasteiger partial charge in [-0.05, 0) is 36.2 Å². The Morgan fingerprint density at radius 2 is 1.77 bits per heavy atom. The average Bonchev–Trinajstić information content (AvgIpc) is 3.27. The number of nitrogens with zero attached hydrogens (tertiary/aromatic N) is 2. The van der Waals surface area contributed by atoms with Gasteiger partial charge in [0, 0.05) is 38.6 Å². The van der Waals surface area contributed by atoms with E-state index in [0.29, 0.717) is 24.3 Å². The van der Waals surface area contributed by atoms with Crippen LogP contribution >= 0.6 is 0 Å². The standard InChI is InChI=1S/C24H29N3O4/c1-3-17(2)23(28)25-20-7-5-4-6-19(20)24(29)27-12-10-26(11-13-27)15-18-8-9-21-22(14-18)31-16-30-21/h4-9,14,17H,3,10-13,15-16H2,1-2H3,(H,25,28). The summed E-state index contributed by atoms with van der Waals surface area (Å²) in [7, 11) is 0. The molecule has 4 rings (SSSR count). The normalized spacial score (nSPS) is 16.8. The highest BCUT2D eigenvalue weighted by atomic mass is 16.7. The van der Waals surface area contributed by atoms with E-state index in [9.17, 15) is 9.59 Å². The zero-order valence-corrected chi connectivity index (χ0v) is 18.1. The van der Waals surface area contributed by atoms with Gasteiger partial charge in [0.25, 0.3) is 5.91 Å². The molecule has 0 saturated carbocycles. The lowest BCUT2D eigenvalue weighted by Crippen LogP contribution is -2.48. The SMILES string of the molecule is CCC(C)C(=O)Nc1ccccc1C(=O)N1CCN(Cc2ccc3c(c2)OCO3)CC1. The van der Waals surface area contributed by atoms with Crippen LogP contribution in [0, 0.1) is 5.92 Å². The molecule has 7 heteroatoms. The molecule has 2 aliphatic rings. The predicted molar refractivity (Wildman–Crippen MR) is 118 cm³/mol. The number of hydrogen-bond acceptors (Lipinski definition) is 5. The lowest BCUT2D eigenvalue weighted by Gasteiger charge is -2.35. The van der Waals surface area contributed by atoms with Crippen LogP contribution < -0.4 is 14.8 Å². The van der Waals surface area contributed by atoms with Crippen LogP contribution in [0.5, 0.6) is 11.5 Å². The highest BCUT2D eigenvalue weighted by Gasteiger charge is 2.25. The Bertz CT molecular complexity index is 954. The van der Waals surface area contributed by atoms with Crippen LogP contribution in [0.1, 0.15) is 36.2 Å². The largest absolute Gasteiger partial charge is 0.454 e. The first-order chi connectivity index (χ1) is 15.0. The number of rotatable bonds is 6. The number of para-hydroxylation sites is 1. The van der Waals surface area contributed by atoms with Gasteiger partial charge in [0.15, 0.2) is 11.5 Å². The molecule has 2 heterocycles. The maximum Gasteiger partial charge on any atom is 0.256 e. The third-order valence-corrected chi connectivity index (χ3v) is 5.98. The Morgan fingerprint density at radius 3 is 2.55 bits per heavy atom. The molecular weight excluding hydrogens is 394 g/mol. The van der Waals surface area contributed by atoms with E-state index in [-0.39, 0.29) is 24.5 Å². The fraction of sp³-hybridized carbons (Fsp3) is 0.417. The van der Waals surface area contributed by atoms with Crippen molar-refractivity contribution in [3.05, 3.63) is 53.6 Å². The average molecular weight is 424 g/mol. The van der Waals surface area contributed by atoms with E-state index in [1.54, 1.807) is 12.1 Å². The van der Waals surface area contributed by atoms with Crippen molar-refractivity contribution < 1.29 is 19.1 Å². The van der Waals surface area contributed by atoms with Gasteiger partial charge >= 0.3 is 0 Å². The topological polar surface area (TPSA) is 71.1 Å². The molecule has 2 aromatic rings. The molecule has 0 aliphatic carbocycles. The Balaban J connectivity index is 1.36. The van der Waals surface area contributed by atoms with E-state index in [1.165, 1.54) is 5.56 Å². The van der Waals surface area contributed by atoms with Crippen molar-refractivity contribution in [2.45, 2.75) is 26.8 Å². The maximum atomic E-state index is 13.2. The lowest BCUT2D eigenvalue weighted by molar-refractivity contribution is -0.119. The minimum absolute atomic E-state index is 0.0391. The Hall–Kier alpha value is -3.06. The fourth-order valence-corrected chi connectivity index (χ4v) is 3.80. The number of piperazine rings is 1. The summed E-state index contributed by atoms with van der Waals surface area (Å²) in [6, 6.07) is 13.3. The summed E-state index contributed by atoms with van der Waals surface area (Å²) in [4.78, 5) is 29.7. The van der Waals surface area contributed by atoms with Crippen LogP contribution in [-0.4, -0.2) is 54.6 Å². The van der Waals surface area contributed by atoms with Crippen molar-refractivity contribution in [2.75, 3.05) is 38.3 Å². The molecule has 7 nitrogen and oxygen atoms in total. The molecule has 1 unspecified atom stereocenters. The summed E-state index contributed by atoms with van der Waals surface area (Å²) >= 11 is 0. The van der Waals surface area contributed by atoms with Crippen LogP contribution in [0.15, 0.2) is 42.5 Å². The minimum Gasteiger partial charge on any atom is -0.454 e. The molecule has 0 aromatic heterocycles. The van der Waals surface area contributed by atoms with Crippen molar-refractivity contribution in [3.63, 3.8) is 0 Å². The molecular formula is C24H29N3O4. The summed E-state index contributed by atoms with van der Waals surface area (Å²) in [5.41, 5.74) is 2.30. The predicted octanol–water partition coefficient (Wildman–Crippen LogP) is 3.36. The van der Waals surface area contributed by atoms with Crippen molar-refractivity contribution >= 4 is 17.5 Å². The van der Waals surface area contributed by atoms with E-state index in [4.69, 9.17) is 9.47 Å². The second-order valence-corrected chi connectivity index (χ2v) is 8.10. The van der Waals surface area contributed by atoms with E-state index < -0.39 is 0 Å². The first kappa shape index (κ1) is 21.2. The van der Waals surface area contributed by atoms with Crippen molar-refractivity contribution in [2.24, 2.45) is 5.92 Å². The molecule has 1 atom stereocenters. The lowest BCUT2D eigenvalue weighted by atomic mass is 10.1. The molecule has 0 radical (unpaired) electrons. The van der Waals surface area contributed by atoms with Gasteiger partial charge in [0.1, 0.15) is 0 Å². The quantitative estimate of drug-likeness (QED) is 0.772. The van der Waals surface area contributed by atoms with Gasteiger partial charge in [0.05, 0.1) is 11.3 Å². The van der Waals surface area contributed by atoms with Gasteiger partial charge in [-0.2, -0.15) is 0 Å². The molecule has 2 amide bonds. The summed E-state index contributed by atoms with van der Waals surface area (Å²) < 4.78 is 10.8. The highest BCUT2D eigenvalue weighted by Crippen LogP contribution is 2.33. The van der Waals surface area contributed by atoms with E-state index in [1.807, 2.05) is 43.0 Å². The monoisotopic (exact) mass is 423 g/mol. The maximum absolute atomic E-state index is 13.2. The Kier molecular flexibility index (Phi) is 6.42. The van der Waals surface area contributed by atoms with Gasteiger partial charge in [-0.3, -0.25) is 14.5 Å². The fourth-order valence-electron chi connectivity index (χ4n) is 3.80. The first-order valence-electron chi connectivity index (χ1n) is 10.8. The van der Waals surface area contributed by atoms with Gasteiger partial charge in [-0.25, -0.2) is 0 Å². The summed E-state index contributed by atoms with van der Waals surface area (Å²) in [6.45, 7) is 7.83. The Morgan fingerprint density at radius 1 is 1.03 bits per heavy atom. The van der Waals surface area contributed by atoms with Gasteiger partial charge < -0.3 is 19.7 Å². The number of carbonyl (C=O) groups excluding carboxylic acids is 2. The second-order valence-electron chi connectivity index (χ2n) is 8.10. The van der Waals surface area contributed by atoms with Gasteiger partial charge in [0.2, 0.25) is 12.7 Å². The Labute approximate surface area is 182 Å². The van der Waals surface area contributed by atoms with Crippen molar-refractivity contribution in [3.8, 4) is 11.5 Å². The van der Waals surface area contributed by atoms with E-state index in [0.717, 1.165) is 37.6 Å². The summed E-state index contributed by atoms with van der Waals surface area (Å²) in [6.07, 6.45) is 0.757. The van der Waals surface area contributed by atoms with Crippen LogP contribution in [0.3, 0.4) is 0 Å². The van der Waals surface area contributed by atoms with Crippen LogP contribution in [0.4, 0.5) is 5.69 Å². The number of hydrogen-bond donors (Lipinski definition) is 1. The summed E-state index contributed by atoms with van der Waals surface area (Å²) in [5.74, 6) is 1.39. The summed E-state index contributed by atoms with van der Waals surface area (Å²) in [5, 5.41) is 2.92. The van der Waals surface area contributed by atoms with Gasteiger partial charge in [-0.1, -0.05) is 32.0 Å². The van der Waals surface area contributed by atoms with Crippen LogP contribution in [-0.2, 0) is 11.3 Å². The first-order valence-corrected chi connectivity index (χ1v) is 10.8. The zero-order valence-electron chi connectivity index (χ0n) is 18.1. The molecule has 1 fully saturated rings. The van der Waals surface area contributed by atoms with Gasteiger partial charge in [-0.15, -0.1) is 0 Å². The van der Waals surface area contributed by atoms with Crippen molar-refractivity contribution in [1.82, 2.24) is 9.80 Å². The highest BCUT2D eigenvalue weighted by molar-refractivity contribution is 6.04. The molecule has 31 heavy (non-hydrogen) atoms. The number of nitrogens with one attached hydrogen (secondary N) is 1. The molecule has 0 bridgehead atoms. The molecule has 1 saturated heterocycles. The van der Waals surface area contributed by atoms with Crippen LogP contribution in [0.2, 0.25) is 0 Å². The third kappa shape index (κ3) is 4.82. The number of amides is 2. The molecule has 2 aromatic carbocycles. The van der Waals surface area contributed by atoms with Crippen LogP contribution in [0.25, 0.3) is 0 Å². The van der Waals surface area contributed by atoms with E-state index in [2.05, 4.69) is 16.3 Å². The molecule has 164 valence electrons. The van der Waals surface area contributed by atoms with E-state index >= 15 is 0 Å². The number of benzene rings is 2. The zero-order chi connectivity index (χ0) is 21.8. The number of anilines is 1. The number of ether oxygens (including phenoxy) is 2. The minimum atomic E-state index is -0.0946. The molecule has 2 aliphatic heterocycles. The second kappa shape index (κ2) is 9.39. The van der Waals surface area contributed by atoms with Crippen molar-refractivity contribution in [1.29, 1.82) is 0 Å². The smallest absolute Gasteiger partial charge is 0.256 e. The molecule has 1 N–H and O–H groups in total. The third-order valence-electron chi connectivity index (χ3n) is 5.98. The molecule has 0 spiro atoms.